The summed E-state index contributed by atoms with van der Waals surface area (Å²) in [7, 11) is 0. The highest BCUT2D eigenvalue weighted by Crippen LogP contribution is 2.25. The second-order valence-corrected chi connectivity index (χ2v) is 7.42. The number of aryl methyl sites for hydroxylation is 1. The number of halogens is 1. The molecule has 2 heterocycles. The van der Waals surface area contributed by atoms with Crippen LogP contribution in [0.2, 0.25) is 0 Å². The van der Waals surface area contributed by atoms with Gasteiger partial charge in [0.05, 0.1) is 35.0 Å². The monoisotopic (exact) mass is 408 g/mol. The molecule has 2 amide bonds. The van der Waals surface area contributed by atoms with Crippen molar-refractivity contribution in [3.63, 3.8) is 0 Å². The molecule has 27 heavy (non-hydrogen) atoms. The lowest BCUT2D eigenvalue weighted by atomic mass is 10.1. The van der Waals surface area contributed by atoms with Crippen molar-refractivity contribution < 1.29 is 18.7 Å². The molecule has 2 aromatic rings. The minimum atomic E-state index is -0.727. The second kappa shape index (κ2) is 7.97. The number of aromatic nitrogens is 1. The lowest BCUT2D eigenvalue weighted by Gasteiger charge is -2.14. The highest BCUT2D eigenvalue weighted by atomic mass is 32.1. The number of carbonyl (C=O) groups excluding carboxylic acids is 2. The van der Waals surface area contributed by atoms with Crippen LogP contribution in [0.5, 0.6) is 0 Å². The molecule has 1 aromatic heterocycles. The molecule has 1 aliphatic heterocycles. The zero-order valence-corrected chi connectivity index (χ0v) is 16.2. The van der Waals surface area contributed by atoms with Gasteiger partial charge in [-0.25, -0.2) is 9.18 Å². The Labute approximate surface area is 164 Å². The number of nitrogens with zero attached hydrogens (tertiary/aromatic N) is 2. The van der Waals surface area contributed by atoms with Crippen LogP contribution < -0.4 is 15.5 Å². The molecule has 2 N–H and O–H groups in total. The number of rotatable bonds is 5. The Hall–Kier alpha value is -2.59. The predicted molar refractivity (Wildman–Crippen MR) is 105 cm³/mol. The van der Waals surface area contributed by atoms with E-state index in [0.717, 1.165) is 23.3 Å². The molecule has 10 heteroatoms. The Morgan fingerprint density at radius 2 is 2.26 bits per heavy atom. The van der Waals surface area contributed by atoms with Gasteiger partial charge in [-0.05, 0) is 49.6 Å². The van der Waals surface area contributed by atoms with Crippen molar-refractivity contribution >= 4 is 51.4 Å². The molecule has 142 valence electrons. The van der Waals surface area contributed by atoms with E-state index in [4.69, 9.17) is 17.0 Å². The maximum atomic E-state index is 14.5. The van der Waals surface area contributed by atoms with Gasteiger partial charge in [-0.1, -0.05) is 12.2 Å². The van der Waals surface area contributed by atoms with E-state index in [1.807, 2.05) is 0 Å². The van der Waals surface area contributed by atoms with Gasteiger partial charge >= 0.3 is 6.09 Å². The Kier molecular flexibility index (Phi) is 5.66. The summed E-state index contributed by atoms with van der Waals surface area (Å²) in [6.07, 6.45) is -0.962. The van der Waals surface area contributed by atoms with E-state index in [9.17, 15) is 14.0 Å². The zero-order valence-electron chi connectivity index (χ0n) is 14.6. The molecule has 1 fully saturated rings. The summed E-state index contributed by atoms with van der Waals surface area (Å²) >= 11 is 6.05. The van der Waals surface area contributed by atoms with E-state index in [2.05, 4.69) is 15.0 Å². The number of nitrogens with one attached hydrogen (secondary N) is 2. The van der Waals surface area contributed by atoms with Gasteiger partial charge in [0, 0.05) is 0 Å². The van der Waals surface area contributed by atoms with Crippen LogP contribution in [-0.2, 0) is 4.74 Å². The number of ether oxygens (including phenoxy) is 1. The van der Waals surface area contributed by atoms with Crippen LogP contribution in [0.15, 0.2) is 24.3 Å². The minimum Gasteiger partial charge on any atom is -0.442 e. The third-order valence-corrected chi connectivity index (χ3v) is 4.77. The van der Waals surface area contributed by atoms with Gasteiger partial charge in [0.15, 0.2) is 0 Å². The fourth-order valence-corrected chi connectivity index (χ4v) is 3.29. The first-order chi connectivity index (χ1) is 12.8. The Bertz CT molecular complexity index is 902. The summed E-state index contributed by atoms with van der Waals surface area (Å²) in [5.74, 6) is -1.31. The van der Waals surface area contributed by atoms with E-state index in [0.29, 0.717) is 22.2 Å². The second-order valence-electron chi connectivity index (χ2n) is 6.00. The average Bonchev–Trinajstić information content (AvgIpc) is 3.18. The Morgan fingerprint density at radius 1 is 1.48 bits per heavy atom. The van der Waals surface area contributed by atoms with Gasteiger partial charge in [-0.2, -0.15) is 4.37 Å². The first kappa shape index (κ1) is 19.2. The van der Waals surface area contributed by atoms with Crippen LogP contribution in [0.3, 0.4) is 0 Å². The number of benzene rings is 1. The number of cyclic esters (lactones) is 1. The van der Waals surface area contributed by atoms with Crippen LogP contribution in [0.1, 0.15) is 23.0 Å². The third kappa shape index (κ3) is 4.58. The highest BCUT2D eigenvalue weighted by molar-refractivity contribution is 7.80. The van der Waals surface area contributed by atoms with Crippen LogP contribution in [-0.4, -0.2) is 40.6 Å². The van der Waals surface area contributed by atoms with E-state index >= 15 is 0 Å². The molecule has 0 saturated carbocycles. The van der Waals surface area contributed by atoms with Crippen molar-refractivity contribution in [1.29, 1.82) is 0 Å². The summed E-state index contributed by atoms with van der Waals surface area (Å²) in [6, 6.07) is 5.70. The smallest absolute Gasteiger partial charge is 0.414 e. The maximum Gasteiger partial charge on any atom is 0.414 e. The van der Waals surface area contributed by atoms with Gasteiger partial charge < -0.3 is 15.4 Å². The minimum absolute atomic E-state index is 0.119. The molecule has 0 aliphatic carbocycles. The molecule has 1 saturated heterocycles. The standard InChI is InChI=1S/C17H17FN4O3S2/c1-9-5-15(27-21-9)20-16(23)13-4-3-11(6-14(13)18)22-8-12(25-17(22)24)7-19-10(2)26/h3-6,12H,7-8H2,1-2H3,(H,19,26)(H,20,23). The van der Waals surface area contributed by atoms with Gasteiger partial charge in [0.1, 0.15) is 16.9 Å². The van der Waals surface area contributed by atoms with E-state index < -0.39 is 23.9 Å². The number of anilines is 2. The number of carbonyl (C=O) groups is 2. The van der Waals surface area contributed by atoms with Crippen molar-refractivity contribution in [3.8, 4) is 0 Å². The van der Waals surface area contributed by atoms with Crippen LogP contribution in [0.25, 0.3) is 0 Å². The molecule has 7 nitrogen and oxygen atoms in total. The van der Waals surface area contributed by atoms with E-state index in [-0.39, 0.29) is 12.1 Å². The quantitative estimate of drug-likeness (QED) is 0.740. The van der Waals surface area contributed by atoms with Crippen molar-refractivity contribution in [1.82, 2.24) is 9.69 Å². The average molecular weight is 408 g/mol. The predicted octanol–water partition coefficient (Wildman–Crippen LogP) is 3.11. The lowest BCUT2D eigenvalue weighted by Crippen LogP contribution is -2.32. The SMILES string of the molecule is CC(=S)NCC1CN(c2ccc(C(=O)Nc3cc(C)ns3)c(F)c2)C(=O)O1. The number of thiocarbonyl (C=S) groups is 1. The van der Waals surface area contributed by atoms with Gasteiger partial charge in [0.2, 0.25) is 0 Å². The highest BCUT2D eigenvalue weighted by Gasteiger charge is 2.32. The van der Waals surface area contributed by atoms with Gasteiger partial charge in [0.25, 0.3) is 5.91 Å². The van der Waals surface area contributed by atoms with Gasteiger partial charge in [-0.15, -0.1) is 0 Å². The van der Waals surface area contributed by atoms with E-state index in [1.165, 1.54) is 17.0 Å². The van der Waals surface area contributed by atoms with E-state index in [1.54, 1.807) is 19.9 Å². The molecule has 1 unspecified atom stereocenters. The van der Waals surface area contributed by atoms with Gasteiger partial charge in [-0.3, -0.25) is 9.69 Å². The van der Waals surface area contributed by atoms with Crippen molar-refractivity contribution in [3.05, 3.63) is 41.3 Å². The molecular formula is C17H17FN4O3S2. The van der Waals surface area contributed by atoms with Crippen molar-refractivity contribution in [2.24, 2.45) is 0 Å². The summed E-state index contributed by atoms with van der Waals surface area (Å²) in [5, 5.41) is 6.08. The molecule has 1 aromatic carbocycles. The fourth-order valence-electron chi connectivity index (χ4n) is 2.55. The van der Waals surface area contributed by atoms with Crippen LogP contribution in [0.4, 0.5) is 19.9 Å². The number of amides is 2. The van der Waals surface area contributed by atoms with Crippen molar-refractivity contribution in [2.75, 3.05) is 23.3 Å². The Morgan fingerprint density at radius 3 is 2.89 bits per heavy atom. The molecule has 1 aliphatic rings. The van der Waals surface area contributed by atoms with Crippen LogP contribution >= 0.6 is 23.8 Å². The largest absolute Gasteiger partial charge is 0.442 e. The molecule has 0 bridgehead atoms. The van der Waals surface area contributed by atoms with Crippen LogP contribution in [0, 0.1) is 12.7 Å². The Balaban J connectivity index is 1.70. The normalized spacial score (nSPS) is 16.2. The molecular weight excluding hydrogens is 391 g/mol. The summed E-state index contributed by atoms with van der Waals surface area (Å²) in [5.41, 5.74) is 0.975. The maximum absolute atomic E-state index is 14.5. The summed E-state index contributed by atoms with van der Waals surface area (Å²) < 4.78 is 23.7. The summed E-state index contributed by atoms with van der Waals surface area (Å²) in [4.78, 5) is 26.2. The lowest BCUT2D eigenvalue weighted by molar-refractivity contribution is 0.102. The van der Waals surface area contributed by atoms with Crippen molar-refractivity contribution in [2.45, 2.75) is 20.0 Å². The molecule has 0 radical (unpaired) electrons. The topological polar surface area (TPSA) is 83.6 Å². The molecule has 0 spiro atoms. The molecule has 1 atom stereocenters. The fraction of sp³-hybridized carbons (Fsp3) is 0.294. The molecule has 3 rings (SSSR count). The number of hydrogen-bond acceptors (Lipinski definition) is 6. The third-order valence-electron chi connectivity index (χ3n) is 3.83. The number of hydrogen-bond donors (Lipinski definition) is 2. The first-order valence-electron chi connectivity index (χ1n) is 8.10. The first-order valence-corrected chi connectivity index (χ1v) is 9.28. The zero-order chi connectivity index (χ0) is 19.6. The summed E-state index contributed by atoms with van der Waals surface area (Å²) in [6.45, 7) is 4.18.